The minimum Gasteiger partial charge on any atom is -0.303 e. The predicted molar refractivity (Wildman–Crippen MR) is 75.6 cm³/mol. The smallest absolute Gasteiger partial charge is 0.127 e. The van der Waals surface area contributed by atoms with Crippen LogP contribution in [0.5, 0.6) is 0 Å². The summed E-state index contributed by atoms with van der Waals surface area (Å²) in [7, 11) is -0.660. The van der Waals surface area contributed by atoms with Gasteiger partial charge in [0.15, 0.2) is 0 Å². The van der Waals surface area contributed by atoms with Gasteiger partial charge in [0.05, 0.1) is 0 Å². The molecule has 0 amide bonds. The van der Waals surface area contributed by atoms with Gasteiger partial charge in [0.2, 0.25) is 0 Å². The zero-order valence-corrected chi connectivity index (χ0v) is 12.0. The van der Waals surface area contributed by atoms with E-state index in [0.717, 1.165) is 17.1 Å². The van der Waals surface area contributed by atoms with Gasteiger partial charge in [0, 0.05) is 11.0 Å². The minimum atomic E-state index is -0.660. The maximum Gasteiger partial charge on any atom is 0.127 e. The summed E-state index contributed by atoms with van der Waals surface area (Å²) < 4.78 is 0. The third-order valence-corrected chi connectivity index (χ3v) is 7.45. The van der Waals surface area contributed by atoms with Gasteiger partial charge in [-0.3, -0.25) is 0 Å². The first kappa shape index (κ1) is 13.9. The van der Waals surface area contributed by atoms with Crippen molar-refractivity contribution in [2.24, 2.45) is 11.8 Å². The van der Waals surface area contributed by atoms with E-state index < -0.39 is 10.0 Å². The molecule has 0 heterocycles. The van der Waals surface area contributed by atoms with Gasteiger partial charge >= 0.3 is 0 Å². The highest BCUT2D eigenvalue weighted by atomic mass is 35.5. The fourth-order valence-electron chi connectivity index (χ4n) is 1.71. The van der Waals surface area contributed by atoms with Gasteiger partial charge in [-0.25, -0.2) is 10.0 Å². The summed E-state index contributed by atoms with van der Waals surface area (Å²) in [4.78, 5) is 11.0. The first-order valence-corrected chi connectivity index (χ1v) is 8.63. The molecule has 0 aliphatic heterocycles. The average Bonchev–Trinajstić information content (AvgIpc) is 2.17. The Kier molecular flexibility index (Phi) is 4.69. The van der Waals surface area contributed by atoms with Crippen LogP contribution in [-0.2, 0) is 4.79 Å². The molecule has 0 fully saturated rings. The highest BCUT2D eigenvalue weighted by Gasteiger charge is 2.27. The van der Waals surface area contributed by atoms with Crippen LogP contribution in [0.4, 0.5) is 0 Å². The molecule has 1 nitrogen and oxygen atoms in total. The Morgan fingerprint density at radius 2 is 2.12 bits per heavy atom. The van der Waals surface area contributed by atoms with E-state index in [1.165, 1.54) is 0 Å². The summed E-state index contributed by atoms with van der Waals surface area (Å²) in [5.41, 5.74) is 0. The van der Waals surface area contributed by atoms with Gasteiger partial charge in [-0.2, -0.15) is 0 Å². The Hall–Kier alpha value is -0.210. The molecule has 3 heteroatoms. The lowest BCUT2D eigenvalue weighted by Gasteiger charge is -2.39. The maximum atomic E-state index is 11.0. The van der Waals surface area contributed by atoms with Crippen molar-refractivity contribution in [3.05, 3.63) is 23.3 Å². The molecule has 0 N–H and O–H groups in total. The van der Waals surface area contributed by atoms with E-state index >= 15 is 0 Å². The van der Waals surface area contributed by atoms with E-state index in [1.807, 2.05) is 18.2 Å². The summed E-state index contributed by atoms with van der Waals surface area (Å²) in [6, 6.07) is 0. The van der Waals surface area contributed by atoms with Gasteiger partial charge in [-0.1, -0.05) is 37.6 Å². The molecule has 92 valence electrons. The Morgan fingerprint density at radius 3 is 2.62 bits per heavy atom. The molecule has 1 aliphatic rings. The number of hydrogen-bond donors (Lipinski definition) is 0. The van der Waals surface area contributed by atoms with Gasteiger partial charge in [0.1, 0.15) is 6.29 Å². The van der Waals surface area contributed by atoms with Crippen molar-refractivity contribution in [2.45, 2.75) is 19.1 Å². The number of carbonyl (C=O) groups excluding carboxylic acids is 1. The standard InChI is InChI=1S/C13H21ClOS/c1-10(2)16(3,4)9-12-7-13(14)6-5-11(12)8-15/h5-8,10-12H,9H2,1-4H3. The number of halogens is 1. The molecule has 0 saturated carbocycles. The molecule has 2 atom stereocenters. The molecule has 0 aromatic heterocycles. The lowest BCUT2D eigenvalue weighted by molar-refractivity contribution is -0.110. The van der Waals surface area contributed by atoms with Crippen molar-refractivity contribution in [3.8, 4) is 0 Å². The van der Waals surface area contributed by atoms with Crippen LogP contribution >= 0.6 is 21.6 Å². The summed E-state index contributed by atoms with van der Waals surface area (Å²) in [5, 5.41) is 1.44. The maximum absolute atomic E-state index is 11.0. The monoisotopic (exact) mass is 260 g/mol. The molecule has 0 aromatic carbocycles. The summed E-state index contributed by atoms with van der Waals surface area (Å²) in [5.74, 6) is 1.37. The van der Waals surface area contributed by atoms with Gasteiger partial charge in [-0.15, -0.1) is 0 Å². The number of hydrogen-bond acceptors (Lipinski definition) is 1. The van der Waals surface area contributed by atoms with Crippen LogP contribution in [0.15, 0.2) is 23.3 Å². The van der Waals surface area contributed by atoms with Crippen molar-refractivity contribution >= 4 is 27.9 Å². The zero-order valence-electron chi connectivity index (χ0n) is 10.4. The predicted octanol–water partition coefficient (Wildman–Crippen LogP) is 3.58. The lowest BCUT2D eigenvalue weighted by atomic mass is 9.91. The summed E-state index contributed by atoms with van der Waals surface area (Å²) >= 11 is 6.01. The molecule has 0 radical (unpaired) electrons. The summed E-state index contributed by atoms with van der Waals surface area (Å²) in [6.07, 6.45) is 11.5. The van der Waals surface area contributed by atoms with E-state index in [1.54, 1.807) is 0 Å². The topological polar surface area (TPSA) is 17.1 Å². The van der Waals surface area contributed by atoms with Crippen LogP contribution in [0.3, 0.4) is 0 Å². The molecule has 0 aromatic rings. The van der Waals surface area contributed by atoms with Crippen LogP contribution < -0.4 is 0 Å². The Bertz CT molecular complexity index is 318. The third kappa shape index (κ3) is 3.39. The Balaban J connectivity index is 2.79. The Morgan fingerprint density at radius 1 is 1.50 bits per heavy atom. The largest absolute Gasteiger partial charge is 0.303 e. The molecular formula is C13H21ClOS. The van der Waals surface area contributed by atoms with E-state index in [4.69, 9.17) is 11.6 Å². The average molecular weight is 261 g/mol. The van der Waals surface area contributed by atoms with Gasteiger partial charge in [-0.05, 0) is 35.5 Å². The second-order valence-corrected chi connectivity index (χ2v) is 10.1. The normalized spacial score (nSPS) is 26.8. The number of allylic oxidation sites excluding steroid dienone is 4. The van der Waals surface area contributed by atoms with Gasteiger partial charge in [0.25, 0.3) is 0 Å². The first-order chi connectivity index (χ1) is 7.36. The molecule has 1 rings (SSSR count). The SMILES string of the molecule is CC(C)S(C)(C)CC1C=C(Cl)C=CC1C=O. The molecular weight excluding hydrogens is 240 g/mol. The van der Waals surface area contributed by atoms with E-state index in [9.17, 15) is 4.79 Å². The number of carbonyl (C=O) groups is 1. The van der Waals surface area contributed by atoms with E-state index in [0.29, 0.717) is 5.25 Å². The third-order valence-electron chi connectivity index (χ3n) is 3.40. The number of rotatable bonds is 4. The summed E-state index contributed by atoms with van der Waals surface area (Å²) in [6.45, 7) is 4.52. The van der Waals surface area contributed by atoms with Gasteiger partial charge < -0.3 is 4.79 Å². The molecule has 0 bridgehead atoms. The van der Waals surface area contributed by atoms with E-state index in [-0.39, 0.29) is 11.8 Å². The highest BCUT2D eigenvalue weighted by molar-refractivity contribution is 8.33. The van der Waals surface area contributed by atoms with Crippen LogP contribution in [-0.4, -0.2) is 29.8 Å². The van der Waals surface area contributed by atoms with Crippen molar-refractivity contribution in [3.63, 3.8) is 0 Å². The fourth-order valence-corrected chi connectivity index (χ4v) is 3.64. The van der Waals surface area contributed by atoms with E-state index in [2.05, 4.69) is 26.4 Å². The van der Waals surface area contributed by atoms with Crippen LogP contribution in [0.1, 0.15) is 13.8 Å². The second-order valence-electron chi connectivity index (χ2n) is 5.13. The molecule has 1 aliphatic carbocycles. The second kappa shape index (κ2) is 5.42. The van der Waals surface area contributed by atoms with Crippen molar-refractivity contribution < 1.29 is 4.79 Å². The van der Waals surface area contributed by atoms with Crippen molar-refractivity contribution in [1.82, 2.24) is 0 Å². The molecule has 0 saturated heterocycles. The molecule has 0 spiro atoms. The Labute approximate surface area is 105 Å². The lowest BCUT2D eigenvalue weighted by Crippen LogP contribution is -2.25. The minimum absolute atomic E-state index is 0.00743. The first-order valence-electron chi connectivity index (χ1n) is 5.57. The molecule has 16 heavy (non-hydrogen) atoms. The van der Waals surface area contributed by atoms with Crippen LogP contribution in [0.25, 0.3) is 0 Å². The van der Waals surface area contributed by atoms with Crippen LogP contribution in [0.2, 0.25) is 0 Å². The zero-order chi connectivity index (χ0) is 12.3. The quantitative estimate of drug-likeness (QED) is 0.706. The highest BCUT2D eigenvalue weighted by Crippen LogP contribution is 2.48. The van der Waals surface area contributed by atoms with Crippen molar-refractivity contribution in [2.75, 3.05) is 18.3 Å². The van der Waals surface area contributed by atoms with Crippen molar-refractivity contribution in [1.29, 1.82) is 0 Å². The number of aldehydes is 1. The molecule has 2 unspecified atom stereocenters. The fraction of sp³-hybridized carbons (Fsp3) is 0.615. The van der Waals surface area contributed by atoms with Crippen LogP contribution in [0, 0.1) is 11.8 Å².